The van der Waals surface area contributed by atoms with E-state index in [-0.39, 0.29) is 0 Å². The molecular weight excluding hydrogens is 198 g/mol. The van der Waals surface area contributed by atoms with E-state index in [2.05, 4.69) is 19.2 Å². The first kappa shape index (κ1) is 14.0. The van der Waals surface area contributed by atoms with Crippen molar-refractivity contribution < 1.29 is 4.74 Å². The summed E-state index contributed by atoms with van der Waals surface area (Å²) in [7, 11) is 1.76. The standard InChI is InChI=1S/C14H29NO/c1-12-9-13(2)11-14(10-12)5-4-6-15-7-8-16-3/h12-15H,4-11H2,1-3H3. The molecule has 2 nitrogen and oxygen atoms in total. The minimum atomic E-state index is 0.831. The molecule has 0 amide bonds. The summed E-state index contributed by atoms with van der Waals surface area (Å²) in [6.07, 6.45) is 7.11. The Morgan fingerprint density at radius 1 is 1.06 bits per heavy atom. The van der Waals surface area contributed by atoms with Crippen LogP contribution in [0, 0.1) is 17.8 Å². The molecule has 0 aromatic heterocycles. The van der Waals surface area contributed by atoms with E-state index in [4.69, 9.17) is 4.74 Å². The molecule has 0 heterocycles. The predicted molar refractivity (Wildman–Crippen MR) is 69.6 cm³/mol. The highest BCUT2D eigenvalue weighted by Crippen LogP contribution is 2.34. The summed E-state index contributed by atoms with van der Waals surface area (Å²) < 4.78 is 5.00. The summed E-state index contributed by atoms with van der Waals surface area (Å²) in [6, 6.07) is 0. The van der Waals surface area contributed by atoms with Crippen LogP contribution >= 0.6 is 0 Å². The van der Waals surface area contributed by atoms with Crippen molar-refractivity contribution in [3.63, 3.8) is 0 Å². The zero-order chi connectivity index (χ0) is 11.8. The molecule has 0 aromatic rings. The second-order valence-corrected chi connectivity index (χ2v) is 5.67. The van der Waals surface area contributed by atoms with Gasteiger partial charge in [0.15, 0.2) is 0 Å². The fourth-order valence-corrected chi connectivity index (χ4v) is 3.16. The molecule has 1 rings (SSSR count). The summed E-state index contributed by atoms with van der Waals surface area (Å²) in [5.41, 5.74) is 0. The Morgan fingerprint density at radius 2 is 1.75 bits per heavy atom. The minimum Gasteiger partial charge on any atom is -0.383 e. The largest absolute Gasteiger partial charge is 0.383 e. The van der Waals surface area contributed by atoms with Gasteiger partial charge in [-0.15, -0.1) is 0 Å². The molecule has 1 N–H and O–H groups in total. The Hall–Kier alpha value is -0.0800. The lowest BCUT2D eigenvalue weighted by Gasteiger charge is -2.31. The molecule has 0 spiro atoms. The molecule has 96 valence electrons. The summed E-state index contributed by atoms with van der Waals surface area (Å²) >= 11 is 0. The quantitative estimate of drug-likeness (QED) is 0.675. The van der Waals surface area contributed by atoms with Crippen LogP contribution in [0.1, 0.15) is 46.0 Å². The van der Waals surface area contributed by atoms with Gasteiger partial charge in [-0.1, -0.05) is 13.8 Å². The number of rotatable bonds is 7. The van der Waals surface area contributed by atoms with Gasteiger partial charge < -0.3 is 10.1 Å². The van der Waals surface area contributed by atoms with E-state index in [9.17, 15) is 0 Å². The molecule has 1 saturated carbocycles. The average molecular weight is 227 g/mol. The van der Waals surface area contributed by atoms with Crippen molar-refractivity contribution in [2.24, 2.45) is 17.8 Å². The highest BCUT2D eigenvalue weighted by atomic mass is 16.5. The Bertz CT molecular complexity index is 162. The van der Waals surface area contributed by atoms with Crippen LogP contribution in [-0.2, 0) is 4.74 Å². The van der Waals surface area contributed by atoms with Crippen LogP contribution in [0.25, 0.3) is 0 Å². The van der Waals surface area contributed by atoms with E-state index >= 15 is 0 Å². The van der Waals surface area contributed by atoms with Gasteiger partial charge in [-0.25, -0.2) is 0 Å². The molecular formula is C14H29NO. The first-order valence-corrected chi connectivity index (χ1v) is 6.92. The van der Waals surface area contributed by atoms with Gasteiger partial charge >= 0.3 is 0 Å². The normalized spacial score (nSPS) is 30.6. The maximum Gasteiger partial charge on any atom is 0.0587 e. The lowest BCUT2D eigenvalue weighted by molar-refractivity contribution is 0.195. The molecule has 0 aliphatic heterocycles. The molecule has 1 fully saturated rings. The van der Waals surface area contributed by atoms with E-state index in [1.807, 2.05) is 0 Å². The number of hydrogen-bond acceptors (Lipinski definition) is 2. The number of ether oxygens (including phenoxy) is 1. The van der Waals surface area contributed by atoms with Gasteiger partial charge in [0.25, 0.3) is 0 Å². The van der Waals surface area contributed by atoms with Gasteiger partial charge in [0.2, 0.25) is 0 Å². The van der Waals surface area contributed by atoms with Gasteiger partial charge in [0.1, 0.15) is 0 Å². The van der Waals surface area contributed by atoms with E-state index in [1.54, 1.807) is 7.11 Å². The fourth-order valence-electron chi connectivity index (χ4n) is 3.16. The van der Waals surface area contributed by atoms with Crippen molar-refractivity contribution in [3.05, 3.63) is 0 Å². The van der Waals surface area contributed by atoms with Crippen LogP contribution in [0.3, 0.4) is 0 Å². The van der Waals surface area contributed by atoms with Crippen molar-refractivity contribution in [2.45, 2.75) is 46.0 Å². The second-order valence-electron chi connectivity index (χ2n) is 5.67. The maximum atomic E-state index is 5.00. The molecule has 1 aliphatic carbocycles. The van der Waals surface area contributed by atoms with Crippen molar-refractivity contribution in [1.29, 1.82) is 0 Å². The first-order valence-electron chi connectivity index (χ1n) is 6.92. The first-order chi connectivity index (χ1) is 7.72. The SMILES string of the molecule is COCCNCCCC1CC(C)CC(C)C1. The van der Waals surface area contributed by atoms with Gasteiger partial charge in [0.05, 0.1) is 6.61 Å². The lowest BCUT2D eigenvalue weighted by atomic mass is 9.75. The van der Waals surface area contributed by atoms with E-state index in [0.29, 0.717) is 0 Å². The van der Waals surface area contributed by atoms with E-state index in [1.165, 1.54) is 32.1 Å². The van der Waals surface area contributed by atoms with Crippen molar-refractivity contribution >= 4 is 0 Å². The highest BCUT2D eigenvalue weighted by Gasteiger charge is 2.23. The van der Waals surface area contributed by atoms with Gasteiger partial charge in [0, 0.05) is 13.7 Å². The zero-order valence-corrected chi connectivity index (χ0v) is 11.3. The minimum absolute atomic E-state index is 0.831. The predicted octanol–water partition coefficient (Wildman–Crippen LogP) is 3.07. The third-order valence-electron chi connectivity index (χ3n) is 3.73. The van der Waals surface area contributed by atoms with Gasteiger partial charge in [-0.05, 0) is 56.4 Å². The van der Waals surface area contributed by atoms with Crippen LogP contribution in [0.15, 0.2) is 0 Å². The van der Waals surface area contributed by atoms with Crippen LogP contribution in [0.5, 0.6) is 0 Å². The molecule has 16 heavy (non-hydrogen) atoms. The zero-order valence-electron chi connectivity index (χ0n) is 11.3. The smallest absolute Gasteiger partial charge is 0.0587 e. The molecule has 1 aliphatic rings. The molecule has 0 bridgehead atoms. The third-order valence-corrected chi connectivity index (χ3v) is 3.73. The van der Waals surface area contributed by atoms with Crippen molar-refractivity contribution in [3.8, 4) is 0 Å². The maximum absolute atomic E-state index is 5.00. The van der Waals surface area contributed by atoms with E-state index in [0.717, 1.165) is 37.5 Å². The molecule has 2 atom stereocenters. The van der Waals surface area contributed by atoms with E-state index < -0.39 is 0 Å². The summed E-state index contributed by atoms with van der Waals surface area (Å²) in [4.78, 5) is 0. The Labute approximate surface area is 101 Å². The molecule has 2 heteroatoms. The van der Waals surface area contributed by atoms with Crippen LogP contribution in [-0.4, -0.2) is 26.8 Å². The van der Waals surface area contributed by atoms with Crippen LogP contribution < -0.4 is 5.32 Å². The Kier molecular flexibility index (Phi) is 7.06. The number of nitrogens with one attached hydrogen (secondary N) is 1. The molecule has 0 radical (unpaired) electrons. The summed E-state index contributed by atoms with van der Waals surface area (Å²) in [5, 5.41) is 3.42. The second kappa shape index (κ2) is 8.08. The van der Waals surface area contributed by atoms with Crippen molar-refractivity contribution in [2.75, 3.05) is 26.8 Å². The lowest BCUT2D eigenvalue weighted by Crippen LogP contribution is -2.23. The van der Waals surface area contributed by atoms with Crippen LogP contribution in [0.4, 0.5) is 0 Å². The molecule has 0 saturated heterocycles. The van der Waals surface area contributed by atoms with Gasteiger partial charge in [-0.3, -0.25) is 0 Å². The number of methoxy groups -OCH3 is 1. The summed E-state index contributed by atoms with van der Waals surface area (Å²) in [5.74, 6) is 2.90. The topological polar surface area (TPSA) is 21.3 Å². The average Bonchev–Trinajstić information content (AvgIpc) is 2.22. The summed E-state index contributed by atoms with van der Waals surface area (Å²) in [6.45, 7) is 7.81. The Morgan fingerprint density at radius 3 is 2.38 bits per heavy atom. The Balaban J connectivity index is 1.99. The highest BCUT2D eigenvalue weighted by molar-refractivity contribution is 4.74. The van der Waals surface area contributed by atoms with Gasteiger partial charge in [-0.2, -0.15) is 0 Å². The van der Waals surface area contributed by atoms with Crippen molar-refractivity contribution in [1.82, 2.24) is 5.32 Å². The monoisotopic (exact) mass is 227 g/mol. The number of hydrogen-bond donors (Lipinski definition) is 1. The van der Waals surface area contributed by atoms with Crippen LogP contribution in [0.2, 0.25) is 0 Å². The molecule has 0 aromatic carbocycles. The fraction of sp³-hybridized carbons (Fsp3) is 1.00. The third kappa shape index (κ3) is 5.86. The molecule has 2 unspecified atom stereocenters.